The number of aromatic nitrogens is 3. The summed E-state index contributed by atoms with van der Waals surface area (Å²) in [6, 6.07) is 9.22. The molecular formula is C21H27N5S. The molecule has 0 aromatic carbocycles. The van der Waals surface area contributed by atoms with Gasteiger partial charge in [-0.3, -0.25) is 19.4 Å². The first-order valence-electron chi connectivity index (χ1n) is 9.75. The zero-order chi connectivity index (χ0) is 18.5. The van der Waals surface area contributed by atoms with Gasteiger partial charge in [0.2, 0.25) is 0 Å². The minimum Gasteiger partial charge on any atom is -0.296 e. The highest BCUT2D eigenvalue weighted by atomic mass is 32.1. The molecule has 0 N–H and O–H groups in total. The number of nitrogens with zero attached hydrogens (tertiary/aromatic N) is 5. The summed E-state index contributed by atoms with van der Waals surface area (Å²) in [6.45, 7) is 7.64. The van der Waals surface area contributed by atoms with Gasteiger partial charge in [-0.15, -0.1) is 11.3 Å². The number of piperidine rings is 1. The zero-order valence-corrected chi connectivity index (χ0v) is 16.7. The van der Waals surface area contributed by atoms with Crippen LogP contribution in [0.2, 0.25) is 0 Å². The van der Waals surface area contributed by atoms with Gasteiger partial charge in [0.05, 0.1) is 0 Å². The lowest BCUT2D eigenvalue weighted by Gasteiger charge is -2.39. The van der Waals surface area contributed by atoms with E-state index in [1.165, 1.54) is 30.6 Å². The molecular weight excluding hydrogens is 354 g/mol. The Bertz CT molecular complexity index is 814. The Morgan fingerprint density at radius 3 is 2.89 bits per heavy atom. The van der Waals surface area contributed by atoms with Crippen LogP contribution in [0.15, 0.2) is 54.4 Å². The van der Waals surface area contributed by atoms with E-state index in [-0.39, 0.29) is 0 Å². The molecule has 1 atom stereocenters. The number of likely N-dealkylation sites (tertiary alicyclic amines) is 1. The lowest BCUT2D eigenvalue weighted by molar-refractivity contribution is 0.0908. The summed E-state index contributed by atoms with van der Waals surface area (Å²) in [5.41, 5.74) is 2.67. The molecule has 0 aliphatic carbocycles. The first kappa shape index (κ1) is 18.3. The Kier molecular flexibility index (Phi) is 5.97. The van der Waals surface area contributed by atoms with E-state index >= 15 is 0 Å². The number of rotatable bonds is 7. The molecule has 1 saturated heterocycles. The van der Waals surface area contributed by atoms with Gasteiger partial charge in [0.15, 0.2) is 5.13 Å². The molecule has 4 rings (SSSR count). The highest BCUT2D eigenvalue weighted by molar-refractivity contribution is 7.12. The van der Waals surface area contributed by atoms with Crippen molar-refractivity contribution in [2.24, 2.45) is 0 Å². The standard InChI is InChI=1S/C21H27N5S/c1-2-25(15-18-7-9-22-10-8-18)19-5-3-12-24(16-19)17-20-6-4-13-26(20)21-23-11-14-27-21/h4,6-11,13-14,19H,2-3,5,12,15-17H2,1H3/t19-/m1/s1. The van der Waals surface area contributed by atoms with E-state index in [0.29, 0.717) is 6.04 Å². The SMILES string of the molecule is CCN(Cc1ccncc1)[C@@H]1CCCN(Cc2cccn2-c2nccs2)C1. The van der Waals surface area contributed by atoms with Crippen molar-refractivity contribution in [1.82, 2.24) is 24.3 Å². The van der Waals surface area contributed by atoms with Crippen molar-refractivity contribution in [3.63, 3.8) is 0 Å². The van der Waals surface area contributed by atoms with E-state index < -0.39 is 0 Å². The van der Waals surface area contributed by atoms with Gasteiger partial charge < -0.3 is 0 Å². The van der Waals surface area contributed by atoms with Crippen LogP contribution in [0.3, 0.4) is 0 Å². The fraction of sp³-hybridized carbons (Fsp3) is 0.429. The lowest BCUT2D eigenvalue weighted by Crippen LogP contribution is -2.47. The predicted molar refractivity (Wildman–Crippen MR) is 110 cm³/mol. The minimum absolute atomic E-state index is 0.611. The molecule has 0 radical (unpaired) electrons. The van der Waals surface area contributed by atoms with Crippen LogP contribution in [0.5, 0.6) is 0 Å². The molecule has 3 aromatic rings. The van der Waals surface area contributed by atoms with Crippen LogP contribution >= 0.6 is 11.3 Å². The molecule has 1 fully saturated rings. The maximum Gasteiger partial charge on any atom is 0.193 e. The monoisotopic (exact) mass is 381 g/mol. The summed E-state index contributed by atoms with van der Waals surface area (Å²) >= 11 is 1.69. The second-order valence-corrected chi connectivity index (χ2v) is 8.01. The van der Waals surface area contributed by atoms with E-state index in [4.69, 9.17) is 0 Å². The fourth-order valence-corrected chi connectivity index (χ4v) is 4.65. The average molecular weight is 382 g/mol. The number of hydrogen-bond donors (Lipinski definition) is 0. The van der Waals surface area contributed by atoms with E-state index in [1.807, 2.05) is 24.0 Å². The molecule has 3 aromatic heterocycles. The van der Waals surface area contributed by atoms with Crippen LogP contribution in [-0.2, 0) is 13.1 Å². The number of thiazole rings is 1. The third-order valence-corrected chi connectivity index (χ3v) is 6.15. The van der Waals surface area contributed by atoms with Gasteiger partial charge in [-0.05, 0) is 55.8 Å². The molecule has 4 heterocycles. The van der Waals surface area contributed by atoms with Gasteiger partial charge in [0, 0.05) is 61.5 Å². The van der Waals surface area contributed by atoms with Crippen molar-refractivity contribution in [3.8, 4) is 5.13 Å². The van der Waals surface area contributed by atoms with Gasteiger partial charge in [0.25, 0.3) is 0 Å². The summed E-state index contributed by atoms with van der Waals surface area (Å²) < 4.78 is 2.23. The Hall–Kier alpha value is -2.02. The Morgan fingerprint density at radius 2 is 2.11 bits per heavy atom. The van der Waals surface area contributed by atoms with Crippen molar-refractivity contribution in [3.05, 3.63) is 65.7 Å². The number of hydrogen-bond acceptors (Lipinski definition) is 5. The third-order valence-electron chi connectivity index (χ3n) is 5.38. The molecule has 5 nitrogen and oxygen atoms in total. The smallest absolute Gasteiger partial charge is 0.193 e. The molecule has 0 amide bonds. The van der Waals surface area contributed by atoms with Crippen molar-refractivity contribution < 1.29 is 0 Å². The Labute approximate surface area is 165 Å². The van der Waals surface area contributed by atoms with Crippen molar-refractivity contribution in [2.45, 2.75) is 38.9 Å². The topological polar surface area (TPSA) is 37.2 Å². The summed E-state index contributed by atoms with van der Waals surface area (Å²) in [6.07, 6.45) is 10.3. The minimum atomic E-state index is 0.611. The van der Waals surface area contributed by atoms with Crippen LogP contribution < -0.4 is 0 Å². The predicted octanol–water partition coefficient (Wildman–Crippen LogP) is 3.82. The van der Waals surface area contributed by atoms with E-state index in [1.54, 1.807) is 11.3 Å². The molecule has 1 aliphatic heterocycles. The van der Waals surface area contributed by atoms with Crippen LogP contribution in [0.25, 0.3) is 5.13 Å². The molecule has 27 heavy (non-hydrogen) atoms. The second-order valence-electron chi connectivity index (χ2n) is 7.13. The molecule has 142 valence electrons. The van der Waals surface area contributed by atoms with Gasteiger partial charge in [0.1, 0.15) is 0 Å². The summed E-state index contributed by atoms with van der Waals surface area (Å²) in [4.78, 5) is 13.8. The zero-order valence-electron chi connectivity index (χ0n) is 15.9. The average Bonchev–Trinajstić information content (AvgIpc) is 3.39. The largest absolute Gasteiger partial charge is 0.296 e. The van der Waals surface area contributed by atoms with E-state index in [2.05, 4.69) is 61.7 Å². The normalized spacial score (nSPS) is 18.2. The van der Waals surface area contributed by atoms with Crippen LogP contribution in [0, 0.1) is 0 Å². The Balaban J connectivity index is 1.41. The summed E-state index contributed by atoms with van der Waals surface area (Å²) in [5, 5.41) is 3.09. The highest BCUT2D eigenvalue weighted by Gasteiger charge is 2.25. The van der Waals surface area contributed by atoms with Crippen molar-refractivity contribution in [1.29, 1.82) is 0 Å². The fourth-order valence-electron chi connectivity index (χ4n) is 3.99. The molecule has 6 heteroatoms. The molecule has 0 spiro atoms. The van der Waals surface area contributed by atoms with E-state index in [9.17, 15) is 0 Å². The number of pyridine rings is 1. The van der Waals surface area contributed by atoms with Gasteiger partial charge in [-0.25, -0.2) is 4.98 Å². The second kappa shape index (κ2) is 8.78. The third kappa shape index (κ3) is 4.46. The maximum absolute atomic E-state index is 4.47. The lowest BCUT2D eigenvalue weighted by atomic mass is 10.0. The van der Waals surface area contributed by atoms with Gasteiger partial charge in [-0.1, -0.05) is 6.92 Å². The molecule has 0 bridgehead atoms. The van der Waals surface area contributed by atoms with Gasteiger partial charge in [-0.2, -0.15) is 0 Å². The first-order valence-corrected chi connectivity index (χ1v) is 10.6. The van der Waals surface area contributed by atoms with Crippen LogP contribution in [0.1, 0.15) is 31.0 Å². The summed E-state index contributed by atoms with van der Waals surface area (Å²) in [7, 11) is 0. The van der Waals surface area contributed by atoms with Crippen LogP contribution in [0.4, 0.5) is 0 Å². The molecule has 0 saturated carbocycles. The summed E-state index contributed by atoms with van der Waals surface area (Å²) in [5.74, 6) is 0. The van der Waals surface area contributed by atoms with Gasteiger partial charge >= 0.3 is 0 Å². The number of likely N-dealkylation sites (N-methyl/N-ethyl adjacent to an activating group) is 1. The molecule has 1 aliphatic rings. The Morgan fingerprint density at radius 1 is 1.22 bits per heavy atom. The van der Waals surface area contributed by atoms with Crippen molar-refractivity contribution >= 4 is 11.3 Å². The first-order chi connectivity index (χ1) is 13.3. The quantitative estimate of drug-likeness (QED) is 0.624. The maximum atomic E-state index is 4.47. The van der Waals surface area contributed by atoms with E-state index in [0.717, 1.165) is 31.3 Å². The molecule has 0 unspecified atom stereocenters. The van der Waals surface area contributed by atoms with Crippen molar-refractivity contribution in [2.75, 3.05) is 19.6 Å². The van der Waals surface area contributed by atoms with Crippen LogP contribution in [-0.4, -0.2) is 50.0 Å². The highest BCUT2D eigenvalue weighted by Crippen LogP contribution is 2.22.